The van der Waals surface area contributed by atoms with Crippen molar-refractivity contribution in [1.82, 2.24) is 0 Å². The maximum atomic E-state index is 10.4. The molecule has 118 valence electrons. The van der Waals surface area contributed by atoms with Gasteiger partial charge in [-0.1, -0.05) is 33.1 Å². The minimum absolute atomic E-state index is 0.0566. The average Bonchev–Trinajstić information content (AvgIpc) is 2.35. The highest BCUT2D eigenvalue weighted by molar-refractivity contribution is 5.32. The Morgan fingerprint density at radius 3 is 2.62 bits per heavy atom. The standard InChI is InChI=1S/C19H30O2/c1-7-11-21-15-12-16-18(4,5)9-8-10-19(16,6)17(13(15)2)14(3)20/h1,14-16,20H,8-12H2,2-6H3/t14?,15-,16+,19+/m1/s1. The second-order valence-corrected chi connectivity index (χ2v) is 7.82. The minimum Gasteiger partial charge on any atom is -0.389 e. The summed E-state index contributed by atoms with van der Waals surface area (Å²) in [7, 11) is 0. The summed E-state index contributed by atoms with van der Waals surface area (Å²) in [6, 6.07) is 0. The van der Waals surface area contributed by atoms with Gasteiger partial charge in [0.15, 0.2) is 0 Å². The molecule has 2 aliphatic rings. The molecule has 0 amide bonds. The van der Waals surface area contributed by atoms with Crippen LogP contribution in [-0.2, 0) is 4.74 Å². The average molecular weight is 290 g/mol. The molecule has 0 radical (unpaired) electrons. The number of hydrogen-bond acceptors (Lipinski definition) is 2. The van der Waals surface area contributed by atoms with Crippen LogP contribution in [0.5, 0.6) is 0 Å². The fourth-order valence-electron chi connectivity index (χ4n) is 5.19. The molecule has 2 rings (SSSR count). The molecule has 0 bridgehead atoms. The molecular weight excluding hydrogens is 260 g/mol. The quantitative estimate of drug-likeness (QED) is 0.630. The molecule has 1 unspecified atom stereocenters. The first kappa shape index (κ1) is 16.6. The lowest BCUT2D eigenvalue weighted by molar-refractivity contribution is -0.0448. The third kappa shape index (κ3) is 2.79. The predicted molar refractivity (Wildman–Crippen MR) is 86.8 cm³/mol. The molecule has 4 atom stereocenters. The van der Waals surface area contributed by atoms with E-state index in [-0.39, 0.29) is 16.9 Å². The number of hydrogen-bond donors (Lipinski definition) is 1. The normalized spacial score (nSPS) is 36.8. The molecule has 1 N–H and O–H groups in total. The van der Waals surface area contributed by atoms with Gasteiger partial charge in [0.2, 0.25) is 0 Å². The fourth-order valence-corrected chi connectivity index (χ4v) is 5.19. The zero-order chi connectivity index (χ0) is 15.8. The van der Waals surface area contributed by atoms with E-state index in [9.17, 15) is 5.11 Å². The van der Waals surface area contributed by atoms with Gasteiger partial charge in [0.05, 0.1) is 12.2 Å². The maximum absolute atomic E-state index is 10.4. The van der Waals surface area contributed by atoms with Crippen LogP contribution in [0.4, 0.5) is 0 Å². The molecule has 0 aromatic rings. The highest BCUT2D eigenvalue weighted by Gasteiger charge is 2.53. The number of terminal acetylenes is 1. The highest BCUT2D eigenvalue weighted by Crippen LogP contribution is 2.60. The summed E-state index contributed by atoms with van der Waals surface area (Å²) >= 11 is 0. The summed E-state index contributed by atoms with van der Waals surface area (Å²) in [5, 5.41) is 10.4. The Bertz CT molecular complexity index is 466. The van der Waals surface area contributed by atoms with Crippen molar-refractivity contribution in [3.05, 3.63) is 11.1 Å². The highest BCUT2D eigenvalue weighted by atomic mass is 16.5. The van der Waals surface area contributed by atoms with Crippen LogP contribution < -0.4 is 0 Å². The van der Waals surface area contributed by atoms with Crippen LogP contribution in [0, 0.1) is 29.1 Å². The Kier molecular flexibility index (Phi) is 4.57. The van der Waals surface area contributed by atoms with E-state index < -0.39 is 6.10 Å². The number of rotatable bonds is 3. The molecule has 0 heterocycles. The zero-order valence-electron chi connectivity index (χ0n) is 14.2. The molecule has 2 aliphatic carbocycles. The second kappa shape index (κ2) is 5.78. The Hall–Kier alpha value is -0.780. The minimum atomic E-state index is -0.413. The first-order valence-electron chi connectivity index (χ1n) is 8.18. The van der Waals surface area contributed by atoms with Crippen LogP contribution in [0.15, 0.2) is 11.1 Å². The lowest BCUT2D eigenvalue weighted by Crippen LogP contribution is -2.50. The van der Waals surface area contributed by atoms with Crippen LogP contribution in [0.25, 0.3) is 0 Å². The molecule has 0 spiro atoms. The summed E-state index contributed by atoms with van der Waals surface area (Å²) < 4.78 is 5.91. The van der Waals surface area contributed by atoms with E-state index in [0.717, 1.165) is 6.42 Å². The van der Waals surface area contributed by atoms with Gasteiger partial charge in [0.25, 0.3) is 0 Å². The van der Waals surface area contributed by atoms with E-state index >= 15 is 0 Å². The van der Waals surface area contributed by atoms with E-state index in [1.54, 1.807) is 0 Å². The molecular formula is C19H30O2. The van der Waals surface area contributed by atoms with Gasteiger partial charge in [-0.3, -0.25) is 0 Å². The van der Waals surface area contributed by atoms with Crippen molar-refractivity contribution in [2.75, 3.05) is 6.61 Å². The van der Waals surface area contributed by atoms with Crippen LogP contribution in [0.3, 0.4) is 0 Å². The lowest BCUT2D eigenvalue weighted by atomic mass is 9.49. The molecule has 1 saturated carbocycles. The van der Waals surface area contributed by atoms with E-state index in [2.05, 4.69) is 33.6 Å². The van der Waals surface area contributed by atoms with Gasteiger partial charge in [-0.15, -0.1) is 6.42 Å². The van der Waals surface area contributed by atoms with E-state index in [4.69, 9.17) is 11.2 Å². The van der Waals surface area contributed by atoms with Crippen LogP contribution in [-0.4, -0.2) is 23.9 Å². The molecule has 1 fully saturated rings. The number of ether oxygens (including phenoxy) is 1. The van der Waals surface area contributed by atoms with Crippen LogP contribution in [0.2, 0.25) is 0 Å². The second-order valence-electron chi connectivity index (χ2n) is 7.82. The fraction of sp³-hybridized carbons (Fsp3) is 0.789. The molecule has 0 aliphatic heterocycles. The first-order valence-corrected chi connectivity index (χ1v) is 8.18. The molecule has 2 nitrogen and oxygen atoms in total. The number of aliphatic hydroxyl groups is 1. The van der Waals surface area contributed by atoms with Crippen LogP contribution >= 0.6 is 0 Å². The van der Waals surface area contributed by atoms with Gasteiger partial charge in [-0.25, -0.2) is 0 Å². The Morgan fingerprint density at radius 2 is 2.05 bits per heavy atom. The van der Waals surface area contributed by atoms with Crippen molar-refractivity contribution >= 4 is 0 Å². The molecule has 0 saturated heterocycles. The van der Waals surface area contributed by atoms with Gasteiger partial charge in [-0.2, -0.15) is 0 Å². The molecule has 2 heteroatoms. The predicted octanol–water partition coefficient (Wildman–Crippen LogP) is 3.94. The van der Waals surface area contributed by atoms with E-state index in [1.807, 2.05) is 6.92 Å². The van der Waals surface area contributed by atoms with E-state index in [1.165, 1.54) is 30.4 Å². The maximum Gasteiger partial charge on any atom is 0.108 e. The van der Waals surface area contributed by atoms with Crippen molar-refractivity contribution < 1.29 is 9.84 Å². The lowest BCUT2D eigenvalue weighted by Gasteiger charge is -2.57. The van der Waals surface area contributed by atoms with Gasteiger partial charge in [0.1, 0.15) is 6.61 Å². The summed E-state index contributed by atoms with van der Waals surface area (Å²) in [5.74, 6) is 3.11. The smallest absolute Gasteiger partial charge is 0.108 e. The topological polar surface area (TPSA) is 29.5 Å². The summed E-state index contributed by atoms with van der Waals surface area (Å²) in [6.07, 6.45) is 9.67. The van der Waals surface area contributed by atoms with Gasteiger partial charge in [-0.05, 0) is 61.0 Å². The summed E-state index contributed by atoms with van der Waals surface area (Å²) in [5.41, 5.74) is 2.78. The summed E-state index contributed by atoms with van der Waals surface area (Å²) in [4.78, 5) is 0. The van der Waals surface area contributed by atoms with Crippen molar-refractivity contribution in [2.45, 2.75) is 72.5 Å². The monoisotopic (exact) mass is 290 g/mol. The Labute approximate surface area is 130 Å². The molecule has 0 aromatic carbocycles. The van der Waals surface area contributed by atoms with Crippen LogP contribution in [0.1, 0.15) is 60.3 Å². The number of fused-ring (bicyclic) bond motifs is 1. The van der Waals surface area contributed by atoms with Gasteiger partial charge in [0, 0.05) is 0 Å². The van der Waals surface area contributed by atoms with Crippen molar-refractivity contribution in [3.63, 3.8) is 0 Å². The molecule has 21 heavy (non-hydrogen) atoms. The van der Waals surface area contributed by atoms with Crippen molar-refractivity contribution in [2.24, 2.45) is 16.7 Å². The zero-order valence-corrected chi connectivity index (χ0v) is 14.2. The number of aliphatic hydroxyl groups excluding tert-OH is 1. The third-order valence-corrected chi connectivity index (χ3v) is 5.99. The summed E-state index contributed by atoms with van der Waals surface area (Å²) in [6.45, 7) is 11.4. The largest absolute Gasteiger partial charge is 0.389 e. The van der Waals surface area contributed by atoms with E-state index in [0.29, 0.717) is 12.5 Å². The van der Waals surface area contributed by atoms with Gasteiger partial charge < -0.3 is 9.84 Å². The van der Waals surface area contributed by atoms with Crippen molar-refractivity contribution in [3.8, 4) is 12.3 Å². The SMILES string of the molecule is C#CCO[C@@H]1C[C@H]2C(C)(C)CCC[C@]2(C)C(C(C)O)=C1C. The van der Waals surface area contributed by atoms with Crippen molar-refractivity contribution in [1.29, 1.82) is 0 Å². The first-order chi connectivity index (χ1) is 9.74. The third-order valence-electron chi connectivity index (χ3n) is 5.99. The Balaban J connectivity index is 2.47. The molecule has 0 aromatic heterocycles. The Morgan fingerprint density at radius 1 is 1.38 bits per heavy atom. The van der Waals surface area contributed by atoms with Gasteiger partial charge >= 0.3 is 0 Å².